The summed E-state index contributed by atoms with van der Waals surface area (Å²) in [7, 11) is 0. The standard InChI is InChI=1S/C13H17NO/c15-11-4-2-10(3-5-11)12-8-14-9-13(12)6-1-7-13/h2-5,12,14-15H,1,6-9H2. The number of benzene rings is 1. The van der Waals surface area contributed by atoms with Gasteiger partial charge in [-0.15, -0.1) is 0 Å². The molecule has 2 N–H and O–H groups in total. The maximum Gasteiger partial charge on any atom is 0.115 e. The largest absolute Gasteiger partial charge is 0.508 e. The molecule has 1 atom stereocenters. The SMILES string of the molecule is Oc1ccc(C2CNCC23CCC3)cc1. The predicted octanol–water partition coefficient (Wildman–Crippen LogP) is 2.25. The Morgan fingerprint density at radius 1 is 1.20 bits per heavy atom. The zero-order chi connectivity index (χ0) is 10.3. The van der Waals surface area contributed by atoms with Gasteiger partial charge < -0.3 is 10.4 Å². The van der Waals surface area contributed by atoms with Crippen molar-refractivity contribution in [2.24, 2.45) is 5.41 Å². The highest BCUT2D eigenvalue weighted by Gasteiger charge is 2.47. The molecular weight excluding hydrogens is 186 g/mol. The first-order valence-corrected chi connectivity index (χ1v) is 5.80. The minimum absolute atomic E-state index is 0.368. The highest BCUT2D eigenvalue weighted by molar-refractivity contribution is 5.31. The van der Waals surface area contributed by atoms with E-state index in [2.05, 4.69) is 17.4 Å². The maximum absolute atomic E-state index is 9.29. The van der Waals surface area contributed by atoms with Crippen molar-refractivity contribution in [3.8, 4) is 5.75 Å². The van der Waals surface area contributed by atoms with Crippen molar-refractivity contribution in [1.29, 1.82) is 0 Å². The summed E-state index contributed by atoms with van der Waals surface area (Å²) < 4.78 is 0. The summed E-state index contributed by atoms with van der Waals surface area (Å²) in [5, 5.41) is 12.8. The van der Waals surface area contributed by atoms with Crippen molar-refractivity contribution >= 4 is 0 Å². The lowest BCUT2D eigenvalue weighted by Gasteiger charge is -2.43. The Hall–Kier alpha value is -1.02. The summed E-state index contributed by atoms with van der Waals surface area (Å²) >= 11 is 0. The topological polar surface area (TPSA) is 32.3 Å². The molecule has 1 saturated heterocycles. The van der Waals surface area contributed by atoms with Crippen LogP contribution in [-0.4, -0.2) is 18.2 Å². The van der Waals surface area contributed by atoms with Crippen LogP contribution in [0.15, 0.2) is 24.3 Å². The van der Waals surface area contributed by atoms with Crippen LogP contribution in [0.2, 0.25) is 0 Å². The molecule has 3 rings (SSSR count). The maximum atomic E-state index is 9.29. The average Bonchev–Trinajstić information content (AvgIpc) is 2.62. The van der Waals surface area contributed by atoms with E-state index in [9.17, 15) is 5.11 Å². The van der Waals surface area contributed by atoms with Crippen molar-refractivity contribution in [1.82, 2.24) is 5.32 Å². The molecule has 0 radical (unpaired) electrons. The van der Waals surface area contributed by atoms with Gasteiger partial charge in [-0.3, -0.25) is 0 Å². The molecule has 2 aliphatic rings. The molecule has 15 heavy (non-hydrogen) atoms. The summed E-state index contributed by atoms with van der Waals surface area (Å²) in [4.78, 5) is 0. The average molecular weight is 203 g/mol. The second-order valence-corrected chi connectivity index (χ2v) is 4.99. The first-order chi connectivity index (χ1) is 7.30. The molecule has 0 amide bonds. The molecule has 1 saturated carbocycles. The lowest BCUT2D eigenvalue weighted by atomic mass is 9.61. The Morgan fingerprint density at radius 2 is 1.93 bits per heavy atom. The second-order valence-electron chi connectivity index (χ2n) is 4.99. The number of phenols is 1. The van der Waals surface area contributed by atoms with E-state index in [-0.39, 0.29) is 0 Å². The van der Waals surface area contributed by atoms with Crippen molar-refractivity contribution < 1.29 is 5.11 Å². The summed E-state index contributed by atoms with van der Waals surface area (Å²) in [5.41, 5.74) is 1.93. The molecule has 1 spiro atoms. The number of phenolic OH excluding ortho intramolecular Hbond substituents is 1. The van der Waals surface area contributed by atoms with Gasteiger partial charge in [0.15, 0.2) is 0 Å². The summed E-state index contributed by atoms with van der Waals surface area (Å²) in [6.07, 6.45) is 4.12. The van der Waals surface area contributed by atoms with Gasteiger partial charge in [-0.05, 0) is 36.0 Å². The Labute approximate surface area is 90.3 Å². The molecule has 1 aliphatic carbocycles. The highest BCUT2D eigenvalue weighted by Crippen LogP contribution is 2.53. The Balaban J connectivity index is 1.90. The van der Waals surface area contributed by atoms with Crippen LogP contribution in [0.4, 0.5) is 0 Å². The number of rotatable bonds is 1. The van der Waals surface area contributed by atoms with Gasteiger partial charge in [0.05, 0.1) is 0 Å². The van der Waals surface area contributed by atoms with Crippen LogP contribution in [0.5, 0.6) is 5.75 Å². The van der Waals surface area contributed by atoms with E-state index < -0.39 is 0 Å². The third-order valence-electron chi connectivity index (χ3n) is 4.21. The number of nitrogens with one attached hydrogen (secondary N) is 1. The van der Waals surface area contributed by atoms with Crippen LogP contribution in [0.1, 0.15) is 30.7 Å². The molecule has 0 bridgehead atoms. The van der Waals surface area contributed by atoms with Crippen molar-refractivity contribution in [3.05, 3.63) is 29.8 Å². The predicted molar refractivity (Wildman–Crippen MR) is 60.0 cm³/mol. The quantitative estimate of drug-likeness (QED) is 0.733. The Morgan fingerprint density at radius 3 is 2.53 bits per heavy atom. The van der Waals surface area contributed by atoms with Crippen LogP contribution < -0.4 is 5.32 Å². The molecule has 1 unspecified atom stereocenters. The number of hydrogen-bond donors (Lipinski definition) is 2. The van der Waals surface area contributed by atoms with Crippen molar-refractivity contribution in [3.63, 3.8) is 0 Å². The van der Waals surface area contributed by atoms with E-state index in [0.29, 0.717) is 17.1 Å². The molecule has 0 aromatic heterocycles. The fourth-order valence-electron chi connectivity index (χ4n) is 3.14. The van der Waals surface area contributed by atoms with Gasteiger partial charge in [0, 0.05) is 19.0 Å². The second kappa shape index (κ2) is 3.24. The molecule has 2 nitrogen and oxygen atoms in total. The summed E-state index contributed by atoms with van der Waals surface area (Å²) in [6.45, 7) is 2.28. The van der Waals surface area contributed by atoms with Gasteiger partial charge in [0.1, 0.15) is 5.75 Å². The minimum atomic E-state index is 0.368. The van der Waals surface area contributed by atoms with Crippen LogP contribution in [-0.2, 0) is 0 Å². The van der Waals surface area contributed by atoms with Crippen LogP contribution >= 0.6 is 0 Å². The van der Waals surface area contributed by atoms with Crippen LogP contribution in [0, 0.1) is 5.41 Å². The van der Waals surface area contributed by atoms with E-state index >= 15 is 0 Å². The highest BCUT2D eigenvalue weighted by atomic mass is 16.3. The van der Waals surface area contributed by atoms with E-state index in [1.165, 1.54) is 31.4 Å². The molecule has 80 valence electrons. The van der Waals surface area contributed by atoms with Gasteiger partial charge in [-0.2, -0.15) is 0 Å². The first-order valence-electron chi connectivity index (χ1n) is 5.80. The van der Waals surface area contributed by atoms with Gasteiger partial charge in [0.2, 0.25) is 0 Å². The Kier molecular flexibility index (Phi) is 1.99. The van der Waals surface area contributed by atoms with E-state index in [1.807, 2.05) is 0 Å². The fourth-order valence-corrected chi connectivity index (χ4v) is 3.14. The molecule has 1 heterocycles. The van der Waals surface area contributed by atoms with E-state index in [4.69, 9.17) is 0 Å². The molecular formula is C13H17NO. The monoisotopic (exact) mass is 203 g/mol. The summed E-state index contributed by atoms with van der Waals surface area (Å²) in [6, 6.07) is 7.76. The number of hydrogen-bond acceptors (Lipinski definition) is 2. The summed E-state index contributed by atoms with van der Waals surface area (Å²) in [5.74, 6) is 1.03. The van der Waals surface area contributed by atoms with E-state index in [0.717, 1.165) is 6.54 Å². The first kappa shape index (κ1) is 9.22. The minimum Gasteiger partial charge on any atom is -0.508 e. The molecule has 1 aliphatic heterocycles. The lowest BCUT2D eigenvalue weighted by molar-refractivity contribution is 0.137. The van der Waals surface area contributed by atoms with Gasteiger partial charge >= 0.3 is 0 Å². The Bertz CT molecular complexity index is 353. The molecule has 2 heteroatoms. The molecule has 1 aromatic carbocycles. The van der Waals surface area contributed by atoms with Crippen molar-refractivity contribution in [2.75, 3.05) is 13.1 Å². The van der Waals surface area contributed by atoms with Crippen LogP contribution in [0.3, 0.4) is 0 Å². The van der Waals surface area contributed by atoms with Gasteiger partial charge in [-0.1, -0.05) is 18.6 Å². The van der Waals surface area contributed by atoms with Gasteiger partial charge in [0.25, 0.3) is 0 Å². The fraction of sp³-hybridized carbons (Fsp3) is 0.538. The zero-order valence-corrected chi connectivity index (χ0v) is 8.87. The molecule has 2 fully saturated rings. The van der Waals surface area contributed by atoms with Crippen molar-refractivity contribution in [2.45, 2.75) is 25.2 Å². The number of aromatic hydroxyl groups is 1. The lowest BCUT2D eigenvalue weighted by Crippen LogP contribution is -2.35. The van der Waals surface area contributed by atoms with Gasteiger partial charge in [-0.25, -0.2) is 0 Å². The third kappa shape index (κ3) is 1.36. The molecule has 1 aromatic rings. The van der Waals surface area contributed by atoms with Crippen LogP contribution in [0.25, 0.3) is 0 Å². The zero-order valence-electron chi connectivity index (χ0n) is 8.87. The smallest absolute Gasteiger partial charge is 0.115 e. The van der Waals surface area contributed by atoms with E-state index in [1.54, 1.807) is 12.1 Å². The third-order valence-corrected chi connectivity index (χ3v) is 4.21. The normalized spacial score (nSPS) is 27.9.